The largest absolute Gasteiger partial charge is 0.347 e. The van der Waals surface area contributed by atoms with Crippen LogP contribution in [0.1, 0.15) is 42.9 Å². The molecular formula is C23H26N2O6S. The van der Waals surface area contributed by atoms with E-state index >= 15 is 0 Å². The van der Waals surface area contributed by atoms with Crippen molar-refractivity contribution in [1.82, 2.24) is 0 Å². The highest BCUT2D eigenvalue weighted by Crippen LogP contribution is 2.53. The monoisotopic (exact) mass is 458 g/mol. The van der Waals surface area contributed by atoms with Crippen LogP contribution in [-0.2, 0) is 19.5 Å². The van der Waals surface area contributed by atoms with Crippen molar-refractivity contribution in [3.63, 3.8) is 0 Å². The van der Waals surface area contributed by atoms with Crippen LogP contribution in [0.15, 0.2) is 53.4 Å². The van der Waals surface area contributed by atoms with Gasteiger partial charge < -0.3 is 9.47 Å². The lowest BCUT2D eigenvalue weighted by Crippen LogP contribution is -2.55. The number of nitro groups is 1. The maximum absolute atomic E-state index is 14.0. The van der Waals surface area contributed by atoms with E-state index in [4.69, 9.17) is 9.47 Å². The molecule has 1 saturated heterocycles. The van der Waals surface area contributed by atoms with Crippen molar-refractivity contribution in [1.29, 1.82) is 0 Å². The Morgan fingerprint density at radius 1 is 1.06 bits per heavy atom. The molecule has 2 aromatic carbocycles. The summed E-state index contributed by atoms with van der Waals surface area (Å²) in [6, 6.07) is 11.2. The molecule has 32 heavy (non-hydrogen) atoms. The first kappa shape index (κ1) is 21.4. The molecule has 2 aromatic rings. The van der Waals surface area contributed by atoms with Crippen molar-refractivity contribution >= 4 is 15.7 Å². The molecule has 1 saturated carbocycles. The van der Waals surface area contributed by atoms with E-state index in [2.05, 4.69) is 0 Å². The molecule has 2 fully saturated rings. The zero-order valence-corrected chi connectivity index (χ0v) is 18.7. The Labute approximate surface area is 187 Å². The van der Waals surface area contributed by atoms with Crippen molar-refractivity contribution in [2.75, 3.05) is 17.5 Å². The van der Waals surface area contributed by atoms with Gasteiger partial charge in [0.2, 0.25) is 0 Å². The Hall–Kier alpha value is -2.49. The average Bonchev–Trinajstić information content (AvgIpc) is 3.37. The SMILES string of the molecule is Cc1ccc(S(=O)(=O)N2c3ccccc3[C@@H]([N+](=O)[O-])[C@@H]2[C@H]2CCCCC23OCCO3)cc1. The second kappa shape index (κ2) is 7.83. The molecule has 0 radical (unpaired) electrons. The van der Waals surface area contributed by atoms with Gasteiger partial charge in [0, 0.05) is 17.3 Å². The topological polar surface area (TPSA) is 99.0 Å². The Balaban J connectivity index is 1.70. The van der Waals surface area contributed by atoms with E-state index in [9.17, 15) is 18.5 Å². The van der Waals surface area contributed by atoms with Gasteiger partial charge in [-0.15, -0.1) is 0 Å². The lowest BCUT2D eigenvalue weighted by Gasteiger charge is -2.44. The fourth-order valence-corrected chi connectivity index (χ4v) is 7.26. The molecule has 0 aromatic heterocycles. The Morgan fingerprint density at radius 3 is 2.44 bits per heavy atom. The van der Waals surface area contributed by atoms with Gasteiger partial charge in [0.25, 0.3) is 16.1 Å². The fourth-order valence-electron chi connectivity index (χ4n) is 5.55. The van der Waals surface area contributed by atoms with E-state index in [1.807, 2.05) is 6.92 Å². The number of ether oxygens (including phenoxy) is 2. The van der Waals surface area contributed by atoms with Crippen LogP contribution in [0.3, 0.4) is 0 Å². The van der Waals surface area contributed by atoms with Crippen LogP contribution in [0.4, 0.5) is 5.69 Å². The maximum Gasteiger partial charge on any atom is 0.264 e. The van der Waals surface area contributed by atoms with Crippen LogP contribution < -0.4 is 4.31 Å². The molecule has 0 N–H and O–H groups in total. The van der Waals surface area contributed by atoms with Crippen molar-refractivity contribution in [3.05, 3.63) is 69.8 Å². The minimum Gasteiger partial charge on any atom is -0.347 e. The van der Waals surface area contributed by atoms with Gasteiger partial charge >= 0.3 is 0 Å². The van der Waals surface area contributed by atoms with E-state index in [0.717, 1.165) is 18.4 Å². The van der Waals surface area contributed by atoms with E-state index in [0.29, 0.717) is 37.3 Å². The van der Waals surface area contributed by atoms with Crippen LogP contribution in [0.5, 0.6) is 0 Å². The molecule has 1 spiro atoms. The number of sulfonamides is 1. The number of fused-ring (bicyclic) bond motifs is 1. The second-order valence-corrected chi connectivity index (χ2v) is 10.6. The first-order valence-corrected chi connectivity index (χ1v) is 12.4. The second-order valence-electron chi connectivity index (χ2n) is 8.75. The summed E-state index contributed by atoms with van der Waals surface area (Å²) < 4.78 is 41.3. The predicted octanol–water partition coefficient (Wildman–Crippen LogP) is 3.82. The molecule has 5 rings (SSSR count). The summed E-state index contributed by atoms with van der Waals surface area (Å²) in [7, 11) is -4.06. The molecular weight excluding hydrogens is 432 g/mol. The smallest absolute Gasteiger partial charge is 0.264 e. The highest BCUT2D eigenvalue weighted by molar-refractivity contribution is 7.92. The Morgan fingerprint density at radius 2 is 1.75 bits per heavy atom. The van der Waals surface area contributed by atoms with Gasteiger partial charge in [0.1, 0.15) is 6.04 Å². The van der Waals surface area contributed by atoms with Crippen LogP contribution in [-0.4, -0.2) is 38.4 Å². The summed E-state index contributed by atoms with van der Waals surface area (Å²) in [4.78, 5) is 12.1. The third-order valence-corrected chi connectivity index (χ3v) is 8.76. The van der Waals surface area contributed by atoms with E-state index in [1.165, 1.54) is 4.31 Å². The van der Waals surface area contributed by atoms with Crippen LogP contribution in [0.2, 0.25) is 0 Å². The number of para-hydroxylation sites is 1. The third-order valence-electron chi connectivity index (χ3n) is 6.94. The van der Waals surface area contributed by atoms with Crippen LogP contribution in [0.25, 0.3) is 0 Å². The molecule has 3 atom stereocenters. The summed E-state index contributed by atoms with van der Waals surface area (Å²) in [6.07, 6.45) is 2.93. The standard InChI is InChI=1S/C23H26N2O6S/c1-16-9-11-17(12-10-16)32(28,29)24-20-8-3-2-6-18(20)21(25(26)27)22(24)19-7-4-5-13-23(19)30-14-15-31-23/h2-3,6,8-12,19,21-22H,4-5,7,13-15H2,1H3/t19-,21-,22+/m1/s1. The molecule has 9 heteroatoms. The average molecular weight is 459 g/mol. The minimum absolute atomic E-state index is 0.116. The van der Waals surface area contributed by atoms with Gasteiger partial charge in [-0.25, -0.2) is 8.42 Å². The van der Waals surface area contributed by atoms with E-state index in [-0.39, 0.29) is 9.82 Å². The van der Waals surface area contributed by atoms with Gasteiger partial charge in [0.15, 0.2) is 5.79 Å². The van der Waals surface area contributed by atoms with Crippen LogP contribution >= 0.6 is 0 Å². The van der Waals surface area contributed by atoms with E-state index in [1.54, 1.807) is 48.5 Å². The predicted molar refractivity (Wildman–Crippen MR) is 117 cm³/mol. The first-order chi connectivity index (χ1) is 15.3. The maximum atomic E-state index is 14.0. The lowest BCUT2D eigenvalue weighted by molar-refractivity contribution is -0.533. The summed E-state index contributed by atoms with van der Waals surface area (Å²) >= 11 is 0. The summed E-state index contributed by atoms with van der Waals surface area (Å²) in [5.74, 6) is -1.44. The molecule has 2 heterocycles. The third kappa shape index (κ3) is 3.22. The van der Waals surface area contributed by atoms with Gasteiger partial charge in [0.05, 0.1) is 29.4 Å². The number of aryl methyl sites for hydroxylation is 1. The van der Waals surface area contributed by atoms with Crippen molar-refractivity contribution in [2.24, 2.45) is 5.92 Å². The Bertz CT molecular complexity index is 1130. The molecule has 170 valence electrons. The number of anilines is 1. The van der Waals surface area contributed by atoms with Crippen molar-refractivity contribution in [3.8, 4) is 0 Å². The summed E-state index contributed by atoms with van der Waals surface area (Å²) in [6.45, 7) is 2.70. The van der Waals surface area contributed by atoms with E-state index < -0.39 is 33.8 Å². The first-order valence-electron chi connectivity index (χ1n) is 11.0. The number of nitrogens with zero attached hydrogens (tertiary/aromatic N) is 2. The lowest BCUT2D eigenvalue weighted by atomic mass is 9.76. The molecule has 3 aliphatic rings. The molecule has 0 unspecified atom stereocenters. The molecule has 0 amide bonds. The van der Waals surface area contributed by atoms with Crippen molar-refractivity contribution < 1.29 is 22.8 Å². The molecule has 8 nitrogen and oxygen atoms in total. The molecule has 0 bridgehead atoms. The number of rotatable bonds is 4. The normalized spacial score (nSPS) is 26.9. The summed E-state index contributed by atoms with van der Waals surface area (Å²) in [5.41, 5.74) is 1.71. The van der Waals surface area contributed by atoms with Crippen molar-refractivity contribution in [2.45, 2.75) is 55.4 Å². The number of hydrogen-bond donors (Lipinski definition) is 0. The minimum atomic E-state index is -4.06. The molecule has 1 aliphatic carbocycles. The molecule has 2 aliphatic heterocycles. The van der Waals surface area contributed by atoms with Crippen LogP contribution in [0, 0.1) is 23.0 Å². The highest BCUT2D eigenvalue weighted by Gasteiger charge is 2.61. The summed E-state index contributed by atoms with van der Waals surface area (Å²) in [5, 5.41) is 12.4. The van der Waals surface area contributed by atoms with Gasteiger partial charge in [-0.05, 0) is 44.0 Å². The number of hydrogen-bond acceptors (Lipinski definition) is 6. The van der Waals surface area contributed by atoms with Gasteiger partial charge in [-0.3, -0.25) is 14.4 Å². The Kier molecular flexibility index (Phi) is 5.22. The van der Waals surface area contributed by atoms with Gasteiger partial charge in [-0.1, -0.05) is 36.2 Å². The number of benzene rings is 2. The highest BCUT2D eigenvalue weighted by atomic mass is 32.2. The van der Waals surface area contributed by atoms with Gasteiger partial charge in [-0.2, -0.15) is 0 Å². The zero-order valence-electron chi connectivity index (χ0n) is 17.8. The fraction of sp³-hybridized carbons (Fsp3) is 0.478. The quantitative estimate of drug-likeness (QED) is 0.510. The zero-order chi connectivity index (χ0) is 22.5.